The molecular formula is C17H20BrN7. The summed E-state index contributed by atoms with van der Waals surface area (Å²) in [5.74, 6) is 1.30. The van der Waals surface area contributed by atoms with Gasteiger partial charge in [0.1, 0.15) is 5.82 Å². The van der Waals surface area contributed by atoms with Crippen molar-refractivity contribution >= 4 is 39.1 Å². The van der Waals surface area contributed by atoms with E-state index >= 15 is 0 Å². The number of aromatic amines is 1. The number of hydrogen-bond donors (Lipinski definition) is 3. The molecule has 0 fully saturated rings. The molecule has 0 bridgehead atoms. The van der Waals surface area contributed by atoms with E-state index in [0.717, 1.165) is 40.3 Å². The van der Waals surface area contributed by atoms with Crippen molar-refractivity contribution in [1.29, 1.82) is 0 Å². The third kappa shape index (κ3) is 4.69. The maximum Gasteiger partial charge on any atom is 0.229 e. The normalized spacial score (nSPS) is 10.5. The summed E-state index contributed by atoms with van der Waals surface area (Å²) in [7, 11) is 4.02. The predicted octanol–water partition coefficient (Wildman–Crippen LogP) is 3.43. The zero-order chi connectivity index (χ0) is 17.6. The average molecular weight is 402 g/mol. The van der Waals surface area contributed by atoms with Crippen LogP contribution in [0, 0.1) is 0 Å². The van der Waals surface area contributed by atoms with Crippen LogP contribution in [0.25, 0.3) is 0 Å². The molecular weight excluding hydrogens is 382 g/mol. The Morgan fingerprint density at radius 3 is 2.88 bits per heavy atom. The Bertz CT molecular complexity index is 818. The van der Waals surface area contributed by atoms with E-state index in [2.05, 4.69) is 63.5 Å². The lowest BCUT2D eigenvalue weighted by atomic mass is 10.2. The summed E-state index contributed by atoms with van der Waals surface area (Å²) in [4.78, 5) is 18.0. The van der Waals surface area contributed by atoms with Crippen LogP contribution in [0.3, 0.4) is 0 Å². The van der Waals surface area contributed by atoms with Gasteiger partial charge in [0, 0.05) is 56.5 Å². The van der Waals surface area contributed by atoms with Gasteiger partial charge in [-0.05, 0) is 34.1 Å². The van der Waals surface area contributed by atoms with E-state index in [1.54, 1.807) is 12.5 Å². The van der Waals surface area contributed by atoms with Crippen LogP contribution in [0.5, 0.6) is 0 Å². The lowest BCUT2D eigenvalue weighted by molar-refractivity contribution is 0.962. The molecule has 2 aromatic heterocycles. The van der Waals surface area contributed by atoms with Gasteiger partial charge in [0.25, 0.3) is 0 Å². The largest absolute Gasteiger partial charge is 0.378 e. The average Bonchev–Trinajstić information content (AvgIpc) is 3.11. The molecule has 0 aliphatic rings. The first kappa shape index (κ1) is 17.2. The highest BCUT2D eigenvalue weighted by atomic mass is 79.9. The monoisotopic (exact) mass is 401 g/mol. The SMILES string of the molecule is CN(C)c1cccc(Nc2ncc(Br)c(NCCc3cnc[nH]3)n2)c1. The van der Waals surface area contributed by atoms with Gasteiger partial charge in [-0.3, -0.25) is 0 Å². The Morgan fingerprint density at radius 1 is 1.24 bits per heavy atom. The number of benzene rings is 1. The van der Waals surface area contributed by atoms with Gasteiger partial charge in [-0.2, -0.15) is 4.98 Å². The van der Waals surface area contributed by atoms with Gasteiger partial charge < -0.3 is 20.5 Å². The van der Waals surface area contributed by atoms with Crippen molar-refractivity contribution in [1.82, 2.24) is 19.9 Å². The number of halogens is 1. The number of hydrogen-bond acceptors (Lipinski definition) is 6. The molecule has 0 aliphatic carbocycles. The van der Waals surface area contributed by atoms with Crippen molar-refractivity contribution < 1.29 is 0 Å². The first-order valence-electron chi connectivity index (χ1n) is 7.90. The summed E-state index contributed by atoms with van der Waals surface area (Å²) < 4.78 is 0.824. The highest BCUT2D eigenvalue weighted by Crippen LogP contribution is 2.23. The van der Waals surface area contributed by atoms with Crippen molar-refractivity contribution in [3.05, 3.63) is 53.2 Å². The van der Waals surface area contributed by atoms with Gasteiger partial charge in [-0.1, -0.05) is 6.07 Å². The van der Waals surface area contributed by atoms with E-state index in [1.165, 1.54) is 0 Å². The maximum atomic E-state index is 4.54. The molecule has 3 rings (SSSR count). The Labute approximate surface area is 155 Å². The first-order chi connectivity index (χ1) is 12.1. The fraction of sp³-hybridized carbons (Fsp3) is 0.235. The number of rotatable bonds is 7. The second-order valence-corrected chi connectivity index (χ2v) is 6.57. The Balaban J connectivity index is 1.67. The molecule has 0 aliphatic heterocycles. The number of imidazole rings is 1. The summed E-state index contributed by atoms with van der Waals surface area (Å²) in [5.41, 5.74) is 3.13. The molecule has 0 spiro atoms. The van der Waals surface area contributed by atoms with Crippen molar-refractivity contribution in [3.63, 3.8) is 0 Å². The van der Waals surface area contributed by atoms with E-state index in [-0.39, 0.29) is 0 Å². The number of nitrogens with zero attached hydrogens (tertiary/aromatic N) is 4. The zero-order valence-corrected chi connectivity index (χ0v) is 15.7. The molecule has 0 atom stereocenters. The topological polar surface area (TPSA) is 81.8 Å². The minimum Gasteiger partial charge on any atom is -0.378 e. The molecule has 0 amide bonds. The van der Waals surface area contributed by atoms with Gasteiger partial charge in [0.15, 0.2) is 0 Å². The second kappa shape index (κ2) is 7.98. The Kier molecular flexibility index (Phi) is 5.49. The van der Waals surface area contributed by atoms with Crippen LogP contribution in [-0.2, 0) is 6.42 Å². The van der Waals surface area contributed by atoms with Gasteiger partial charge in [-0.25, -0.2) is 9.97 Å². The van der Waals surface area contributed by atoms with Crippen LogP contribution in [0.4, 0.5) is 23.1 Å². The van der Waals surface area contributed by atoms with Crippen molar-refractivity contribution in [2.45, 2.75) is 6.42 Å². The van der Waals surface area contributed by atoms with Crippen molar-refractivity contribution in [2.75, 3.05) is 36.2 Å². The highest BCUT2D eigenvalue weighted by Gasteiger charge is 2.06. The molecule has 2 heterocycles. The molecule has 3 aromatic rings. The number of nitrogens with one attached hydrogen (secondary N) is 3. The molecule has 0 unspecified atom stereocenters. The van der Waals surface area contributed by atoms with Gasteiger partial charge >= 0.3 is 0 Å². The van der Waals surface area contributed by atoms with E-state index in [0.29, 0.717) is 5.95 Å². The van der Waals surface area contributed by atoms with Gasteiger partial charge in [-0.15, -0.1) is 0 Å². The van der Waals surface area contributed by atoms with Crippen molar-refractivity contribution in [3.8, 4) is 0 Å². The molecule has 3 N–H and O–H groups in total. The van der Waals surface area contributed by atoms with E-state index in [1.807, 2.05) is 32.4 Å². The molecule has 0 saturated heterocycles. The smallest absolute Gasteiger partial charge is 0.229 e. The molecule has 0 radical (unpaired) electrons. The van der Waals surface area contributed by atoms with E-state index < -0.39 is 0 Å². The highest BCUT2D eigenvalue weighted by molar-refractivity contribution is 9.10. The Morgan fingerprint density at radius 2 is 2.12 bits per heavy atom. The van der Waals surface area contributed by atoms with E-state index in [9.17, 15) is 0 Å². The standard InChI is InChI=1S/C17H20BrN7/c1-25(2)14-5-3-4-12(8-14)23-17-21-10-15(18)16(24-17)20-7-6-13-9-19-11-22-13/h3-5,8-11H,6-7H2,1-2H3,(H,19,22)(H2,20,21,23,24). The van der Waals surface area contributed by atoms with Crippen LogP contribution in [0.2, 0.25) is 0 Å². The minimum atomic E-state index is 0.545. The second-order valence-electron chi connectivity index (χ2n) is 5.71. The van der Waals surface area contributed by atoms with Crippen molar-refractivity contribution in [2.24, 2.45) is 0 Å². The van der Waals surface area contributed by atoms with Gasteiger partial charge in [0.05, 0.1) is 10.8 Å². The van der Waals surface area contributed by atoms with Crippen LogP contribution in [0.15, 0.2) is 47.5 Å². The summed E-state index contributed by atoms with van der Waals surface area (Å²) in [6.07, 6.45) is 6.08. The quantitative estimate of drug-likeness (QED) is 0.562. The third-order valence-corrected chi connectivity index (χ3v) is 4.18. The molecule has 1 aromatic carbocycles. The fourth-order valence-electron chi connectivity index (χ4n) is 2.28. The molecule has 130 valence electrons. The van der Waals surface area contributed by atoms with Crippen LogP contribution in [-0.4, -0.2) is 40.6 Å². The fourth-order valence-corrected chi connectivity index (χ4v) is 2.61. The van der Waals surface area contributed by atoms with E-state index in [4.69, 9.17) is 0 Å². The zero-order valence-electron chi connectivity index (χ0n) is 14.1. The number of aromatic nitrogens is 4. The summed E-state index contributed by atoms with van der Waals surface area (Å²) in [6.45, 7) is 0.743. The van der Waals surface area contributed by atoms with Crippen LogP contribution in [0.1, 0.15) is 5.69 Å². The molecule has 25 heavy (non-hydrogen) atoms. The van der Waals surface area contributed by atoms with Gasteiger partial charge in [0.2, 0.25) is 5.95 Å². The predicted molar refractivity (Wildman–Crippen MR) is 105 cm³/mol. The minimum absolute atomic E-state index is 0.545. The maximum absolute atomic E-state index is 4.54. The summed E-state index contributed by atoms with van der Waals surface area (Å²) >= 11 is 3.48. The molecule has 7 nitrogen and oxygen atoms in total. The molecule has 8 heteroatoms. The number of H-pyrrole nitrogens is 1. The van der Waals surface area contributed by atoms with Crippen LogP contribution < -0.4 is 15.5 Å². The summed E-state index contributed by atoms with van der Waals surface area (Å²) in [6, 6.07) is 8.09. The summed E-state index contributed by atoms with van der Waals surface area (Å²) in [5, 5.41) is 6.56. The third-order valence-electron chi connectivity index (χ3n) is 3.60. The van der Waals surface area contributed by atoms with Crippen LogP contribution >= 0.6 is 15.9 Å². The molecule has 0 saturated carbocycles. The Hall–Kier alpha value is -2.61. The number of anilines is 4. The lowest BCUT2D eigenvalue weighted by Crippen LogP contribution is -2.10. The first-order valence-corrected chi connectivity index (χ1v) is 8.69. The lowest BCUT2D eigenvalue weighted by Gasteiger charge is -2.14.